The van der Waals surface area contributed by atoms with E-state index in [-0.39, 0.29) is 10.8 Å². The van der Waals surface area contributed by atoms with Gasteiger partial charge < -0.3 is 10.6 Å². The van der Waals surface area contributed by atoms with Crippen LogP contribution in [0.3, 0.4) is 0 Å². The number of rotatable bonds is 2. The molecule has 2 N–H and O–H groups in total. The number of aromatic nitrogens is 3. The molecule has 0 amide bonds. The number of anilines is 1. The molecule has 2 aromatic heterocycles. The second-order valence-electron chi connectivity index (χ2n) is 7.55. The molecular weight excluding hydrogens is 262 g/mol. The van der Waals surface area contributed by atoms with Crippen LogP contribution < -0.4 is 10.6 Å². The predicted molar refractivity (Wildman–Crippen MR) is 85.7 cm³/mol. The fraction of sp³-hybridized carbons (Fsp3) is 0.625. The van der Waals surface area contributed by atoms with E-state index in [4.69, 9.17) is 10.8 Å². The van der Waals surface area contributed by atoms with Crippen molar-refractivity contribution >= 4 is 11.3 Å². The van der Waals surface area contributed by atoms with Gasteiger partial charge in [-0.15, -0.1) is 0 Å². The Morgan fingerprint density at radius 2 is 2.14 bits per heavy atom. The summed E-state index contributed by atoms with van der Waals surface area (Å²) in [6, 6.07) is 2.17. The first kappa shape index (κ1) is 14.3. The first-order valence-corrected chi connectivity index (χ1v) is 7.62. The summed E-state index contributed by atoms with van der Waals surface area (Å²) in [5, 5.41) is 4.70. The Labute approximate surface area is 126 Å². The van der Waals surface area contributed by atoms with Gasteiger partial charge >= 0.3 is 0 Å². The molecule has 3 rings (SSSR count). The van der Waals surface area contributed by atoms with Crippen LogP contribution in [-0.4, -0.2) is 34.2 Å². The first-order chi connectivity index (χ1) is 9.82. The third kappa shape index (κ3) is 2.50. The third-order valence-electron chi connectivity index (χ3n) is 4.49. The summed E-state index contributed by atoms with van der Waals surface area (Å²) in [6.45, 7) is 11.5. The fourth-order valence-electron chi connectivity index (χ4n) is 2.89. The zero-order valence-electron chi connectivity index (χ0n) is 13.4. The first-order valence-electron chi connectivity index (χ1n) is 7.62. The molecule has 1 unspecified atom stereocenters. The van der Waals surface area contributed by atoms with Crippen LogP contribution in [-0.2, 0) is 5.41 Å². The minimum atomic E-state index is 0.0417. The second-order valence-corrected chi connectivity index (χ2v) is 7.55. The summed E-state index contributed by atoms with van der Waals surface area (Å²) in [4.78, 5) is 6.95. The van der Waals surface area contributed by atoms with Gasteiger partial charge in [0.2, 0.25) is 0 Å². The maximum absolute atomic E-state index is 5.92. The maximum Gasteiger partial charge on any atom is 0.154 e. The molecule has 114 valence electrons. The molecule has 1 fully saturated rings. The molecule has 3 heterocycles. The normalized spacial score (nSPS) is 23.2. The number of hydrogen-bond acceptors (Lipinski definition) is 4. The molecule has 0 radical (unpaired) electrons. The average molecular weight is 287 g/mol. The molecule has 0 aliphatic carbocycles. The third-order valence-corrected chi connectivity index (χ3v) is 4.49. The Hall–Kier alpha value is -1.62. The zero-order chi connectivity index (χ0) is 15.3. The van der Waals surface area contributed by atoms with Gasteiger partial charge in [0, 0.05) is 30.9 Å². The van der Waals surface area contributed by atoms with Crippen molar-refractivity contribution in [2.24, 2.45) is 11.1 Å². The Kier molecular flexibility index (Phi) is 3.20. The van der Waals surface area contributed by atoms with Crippen LogP contribution in [0.15, 0.2) is 18.5 Å². The molecule has 21 heavy (non-hydrogen) atoms. The van der Waals surface area contributed by atoms with Crippen LogP contribution in [0.5, 0.6) is 0 Å². The highest BCUT2D eigenvalue weighted by Gasteiger charge is 2.34. The lowest BCUT2D eigenvalue weighted by Gasteiger charge is -2.23. The van der Waals surface area contributed by atoms with E-state index in [1.807, 2.05) is 16.9 Å². The summed E-state index contributed by atoms with van der Waals surface area (Å²) < 4.78 is 1.95. The minimum Gasteiger partial charge on any atom is -0.354 e. The fourth-order valence-corrected chi connectivity index (χ4v) is 2.89. The van der Waals surface area contributed by atoms with Gasteiger partial charge in [-0.1, -0.05) is 27.7 Å². The van der Waals surface area contributed by atoms with Gasteiger partial charge in [-0.3, -0.25) is 0 Å². The SMILES string of the molecule is CC1(CN)CCN(c2nccn3nc(C(C)(C)C)cc23)C1. The number of nitrogens with two attached hydrogens (primary N) is 1. The largest absolute Gasteiger partial charge is 0.354 e. The van der Waals surface area contributed by atoms with Gasteiger partial charge in [-0.05, 0) is 24.4 Å². The molecule has 0 bridgehead atoms. The number of fused-ring (bicyclic) bond motifs is 1. The molecule has 5 heteroatoms. The lowest BCUT2D eigenvalue weighted by molar-refractivity contribution is 0.383. The molecule has 1 atom stereocenters. The van der Waals surface area contributed by atoms with Crippen molar-refractivity contribution in [3.8, 4) is 0 Å². The van der Waals surface area contributed by atoms with E-state index in [2.05, 4.69) is 43.6 Å². The van der Waals surface area contributed by atoms with Gasteiger partial charge in [0.15, 0.2) is 5.82 Å². The Balaban J connectivity index is 2.02. The summed E-state index contributed by atoms with van der Waals surface area (Å²) in [5.41, 5.74) is 8.34. The quantitative estimate of drug-likeness (QED) is 0.920. The van der Waals surface area contributed by atoms with Crippen molar-refractivity contribution in [2.45, 2.75) is 39.5 Å². The lowest BCUT2D eigenvalue weighted by atomic mass is 9.90. The highest BCUT2D eigenvalue weighted by molar-refractivity contribution is 5.70. The number of nitrogens with zero attached hydrogens (tertiary/aromatic N) is 4. The van der Waals surface area contributed by atoms with E-state index in [1.54, 1.807) is 0 Å². The summed E-state index contributed by atoms with van der Waals surface area (Å²) in [5.74, 6) is 1.03. The van der Waals surface area contributed by atoms with Crippen molar-refractivity contribution in [3.63, 3.8) is 0 Å². The van der Waals surface area contributed by atoms with Crippen molar-refractivity contribution in [3.05, 3.63) is 24.2 Å². The molecule has 1 aliphatic rings. The average Bonchev–Trinajstić information content (AvgIpc) is 3.02. The van der Waals surface area contributed by atoms with Gasteiger partial charge in [0.05, 0.1) is 5.69 Å². The molecule has 5 nitrogen and oxygen atoms in total. The lowest BCUT2D eigenvalue weighted by Crippen LogP contribution is -2.31. The molecular formula is C16H25N5. The summed E-state index contributed by atoms with van der Waals surface area (Å²) in [7, 11) is 0. The molecule has 1 saturated heterocycles. The highest BCUT2D eigenvalue weighted by atomic mass is 15.3. The summed E-state index contributed by atoms with van der Waals surface area (Å²) in [6.07, 6.45) is 4.87. The van der Waals surface area contributed by atoms with Gasteiger partial charge in [0.25, 0.3) is 0 Å². The van der Waals surface area contributed by atoms with E-state index in [9.17, 15) is 0 Å². The Morgan fingerprint density at radius 1 is 1.38 bits per heavy atom. The van der Waals surface area contributed by atoms with E-state index in [0.29, 0.717) is 0 Å². The standard InChI is InChI=1S/C16H25N5/c1-15(2,3)13-9-12-14(18-6-8-21(12)19-13)20-7-5-16(4,10-17)11-20/h6,8-9H,5,7,10-11,17H2,1-4H3. The van der Waals surface area contributed by atoms with Crippen LogP contribution in [0, 0.1) is 5.41 Å². The van der Waals surface area contributed by atoms with Crippen molar-refractivity contribution in [2.75, 3.05) is 24.5 Å². The van der Waals surface area contributed by atoms with Crippen LogP contribution in [0.1, 0.15) is 39.8 Å². The molecule has 1 aliphatic heterocycles. The summed E-state index contributed by atoms with van der Waals surface area (Å²) >= 11 is 0. The minimum absolute atomic E-state index is 0.0417. The second kappa shape index (κ2) is 4.70. The Bertz CT molecular complexity index is 654. The number of hydrogen-bond donors (Lipinski definition) is 1. The highest BCUT2D eigenvalue weighted by Crippen LogP contribution is 2.34. The van der Waals surface area contributed by atoms with E-state index < -0.39 is 0 Å². The van der Waals surface area contributed by atoms with Crippen molar-refractivity contribution in [1.29, 1.82) is 0 Å². The molecule has 2 aromatic rings. The van der Waals surface area contributed by atoms with Crippen LogP contribution in [0.2, 0.25) is 0 Å². The van der Waals surface area contributed by atoms with Crippen LogP contribution >= 0.6 is 0 Å². The van der Waals surface area contributed by atoms with Gasteiger partial charge in [0.1, 0.15) is 5.52 Å². The van der Waals surface area contributed by atoms with Gasteiger partial charge in [-0.2, -0.15) is 5.10 Å². The van der Waals surface area contributed by atoms with E-state index in [0.717, 1.165) is 43.1 Å². The smallest absolute Gasteiger partial charge is 0.154 e. The van der Waals surface area contributed by atoms with Crippen molar-refractivity contribution < 1.29 is 0 Å². The van der Waals surface area contributed by atoms with E-state index >= 15 is 0 Å². The van der Waals surface area contributed by atoms with Crippen molar-refractivity contribution in [1.82, 2.24) is 14.6 Å². The molecule has 0 aromatic carbocycles. The monoisotopic (exact) mass is 287 g/mol. The molecule has 0 spiro atoms. The maximum atomic E-state index is 5.92. The Morgan fingerprint density at radius 3 is 2.76 bits per heavy atom. The molecule has 0 saturated carbocycles. The van der Waals surface area contributed by atoms with Crippen LogP contribution in [0.4, 0.5) is 5.82 Å². The zero-order valence-corrected chi connectivity index (χ0v) is 13.4. The van der Waals surface area contributed by atoms with Crippen LogP contribution in [0.25, 0.3) is 5.52 Å². The van der Waals surface area contributed by atoms with Gasteiger partial charge in [-0.25, -0.2) is 9.50 Å². The predicted octanol–water partition coefficient (Wildman–Crippen LogP) is 2.20. The topological polar surface area (TPSA) is 59.5 Å². The van der Waals surface area contributed by atoms with E-state index in [1.165, 1.54) is 0 Å².